The summed E-state index contributed by atoms with van der Waals surface area (Å²) in [7, 11) is 1.22. The summed E-state index contributed by atoms with van der Waals surface area (Å²) < 4.78 is 5.86. The molecule has 0 saturated carbocycles. The van der Waals surface area contributed by atoms with Crippen LogP contribution in [0.5, 0.6) is 5.75 Å². The second-order valence-corrected chi connectivity index (χ2v) is 7.15. The number of hydrogen-bond donors (Lipinski definition) is 3. The lowest BCUT2D eigenvalue weighted by Gasteiger charge is -2.21. The first-order valence-electron chi connectivity index (χ1n) is 9.70. The predicted octanol–water partition coefficient (Wildman–Crippen LogP) is 0.357. The first-order valence-corrected chi connectivity index (χ1v) is 9.70. The van der Waals surface area contributed by atoms with E-state index < -0.39 is 35.0 Å². The molecule has 0 aliphatic carbocycles. The molecule has 166 valence electrons. The number of rotatable bonds is 11. The third kappa shape index (κ3) is 7.34. The molecule has 0 aliphatic rings. The molecule has 0 bridgehead atoms. The monoisotopic (exact) mass is 423 g/mol. The van der Waals surface area contributed by atoms with Crippen LogP contribution in [-0.4, -0.2) is 52.9 Å². The van der Waals surface area contributed by atoms with Crippen LogP contribution >= 0.6 is 0 Å². The minimum atomic E-state index is -0.981. The van der Waals surface area contributed by atoms with Crippen molar-refractivity contribution in [1.29, 1.82) is 0 Å². The molecule has 0 saturated heterocycles. The Morgan fingerprint density at radius 2 is 1.87 bits per heavy atom. The van der Waals surface area contributed by atoms with Crippen LogP contribution in [0.15, 0.2) is 17.1 Å². The zero-order valence-corrected chi connectivity index (χ0v) is 17.7. The van der Waals surface area contributed by atoms with E-state index in [0.29, 0.717) is 6.54 Å². The first kappa shape index (κ1) is 24.9. The molecular weight excluding hydrogens is 394 g/mol. The first-order chi connectivity index (χ1) is 14.1. The van der Waals surface area contributed by atoms with Gasteiger partial charge in [-0.05, 0) is 19.3 Å². The highest BCUT2D eigenvalue weighted by Crippen LogP contribution is 2.13. The van der Waals surface area contributed by atoms with Gasteiger partial charge in [-0.25, -0.2) is 0 Å². The third-order valence-corrected chi connectivity index (χ3v) is 4.33. The van der Waals surface area contributed by atoms with Crippen molar-refractivity contribution in [1.82, 2.24) is 15.2 Å². The maximum absolute atomic E-state index is 12.7. The summed E-state index contributed by atoms with van der Waals surface area (Å²) in [5.41, 5.74) is -0.938. The number of Topliss-reactive ketones (excluding diaryl/α,β-unsaturated/α-hetero) is 1. The molecule has 3 N–H and O–H groups in total. The SMILES string of the molecule is CCn1ccc(=O)c(O)c1C(=O)N[C@@H](CC(C)C)C(=O)NCC(=O)CCC(=O)OC. The van der Waals surface area contributed by atoms with Crippen molar-refractivity contribution in [3.8, 4) is 5.75 Å². The van der Waals surface area contributed by atoms with Crippen molar-refractivity contribution < 1.29 is 29.0 Å². The quantitative estimate of drug-likeness (QED) is 0.436. The van der Waals surface area contributed by atoms with Gasteiger partial charge in [-0.1, -0.05) is 13.8 Å². The van der Waals surface area contributed by atoms with Gasteiger partial charge in [0.05, 0.1) is 20.1 Å². The minimum absolute atomic E-state index is 0.0359. The lowest BCUT2D eigenvalue weighted by molar-refractivity contribution is -0.141. The number of carbonyl (C=O) groups is 4. The molecule has 0 aliphatic heterocycles. The summed E-state index contributed by atoms with van der Waals surface area (Å²) >= 11 is 0. The molecule has 0 spiro atoms. The molecule has 0 aromatic carbocycles. The van der Waals surface area contributed by atoms with E-state index in [0.717, 1.165) is 6.07 Å². The number of methoxy groups -OCH3 is 1. The van der Waals surface area contributed by atoms with Crippen molar-refractivity contribution in [2.75, 3.05) is 13.7 Å². The van der Waals surface area contributed by atoms with Crippen LogP contribution in [0, 0.1) is 5.92 Å². The number of nitrogens with one attached hydrogen (secondary N) is 2. The maximum atomic E-state index is 12.7. The van der Waals surface area contributed by atoms with E-state index in [1.807, 2.05) is 13.8 Å². The number of ketones is 1. The number of pyridine rings is 1. The molecule has 1 aromatic rings. The molecule has 1 heterocycles. The Morgan fingerprint density at radius 3 is 2.43 bits per heavy atom. The van der Waals surface area contributed by atoms with E-state index in [9.17, 15) is 29.1 Å². The maximum Gasteiger partial charge on any atom is 0.305 e. The predicted molar refractivity (Wildman–Crippen MR) is 108 cm³/mol. The Hall–Kier alpha value is -3.17. The molecule has 10 nitrogen and oxygen atoms in total. The van der Waals surface area contributed by atoms with E-state index in [1.54, 1.807) is 6.92 Å². The number of carbonyl (C=O) groups excluding carboxylic acids is 4. The second kappa shape index (κ2) is 11.7. The Kier molecular flexibility index (Phi) is 9.73. The van der Waals surface area contributed by atoms with Gasteiger partial charge in [0.2, 0.25) is 11.3 Å². The van der Waals surface area contributed by atoms with Crippen LogP contribution in [0.1, 0.15) is 50.5 Å². The summed E-state index contributed by atoms with van der Waals surface area (Å²) in [5.74, 6) is -2.89. The van der Waals surface area contributed by atoms with Gasteiger partial charge >= 0.3 is 5.97 Å². The summed E-state index contributed by atoms with van der Waals surface area (Å²) in [4.78, 5) is 59.9. The van der Waals surface area contributed by atoms with Crippen LogP contribution in [-0.2, 0) is 25.7 Å². The highest BCUT2D eigenvalue weighted by Gasteiger charge is 2.26. The van der Waals surface area contributed by atoms with Crippen molar-refractivity contribution in [3.05, 3.63) is 28.2 Å². The molecule has 1 atom stereocenters. The Morgan fingerprint density at radius 1 is 1.20 bits per heavy atom. The lowest BCUT2D eigenvalue weighted by Crippen LogP contribution is -2.49. The minimum Gasteiger partial charge on any atom is -0.503 e. The third-order valence-electron chi connectivity index (χ3n) is 4.33. The molecule has 30 heavy (non-hydrogen) atoms. The van der Waals surface area contributed by atoms with Crippen molar-refractivity contribution in [2.24, 2.45) is 5.92 Å². The largest absolute Gasteiger partial charge is 0.503 e. The summed E-state index contributed by atoms with van der Waals surface area (Å²) in [6.07, 6.45) is 1.50. The van der Waals surface area contributed by atoms with Gasteiger partial charge < -0.3 is 25.0 Å². The highest BCUT2D eigenvalue weighted by molar-refractivity contribution is 5.98. The number of aromatic nitrogens is 1. The average molecular weight is 423 g/mol. The number of nitrogens with zero attached hydrogens (tertiary/aromatic N) is 1. The van der Waals surface area contributed by atoms with E-state index in [4.69, 9.17) is 0 Å². The molecule has 1 rings (SSSR count). The van der Waals surface area contributed by atoms with Gasteiger partial charge in [0, 0.05) is 25.2 Å². The zero-order valence-electron chi connectivity index (χ0n) is 17.7. The standard InChI is InChI=1S/C20H29N3O7/c1-5-23-9-8-15(25)18(27)17(23)20(29)22-14(10-12(2)3)19(28)21-11-13(24)6-7-16(26)30-4/h8-9,12,14,27H,5-7,10-11H2,1-4H3,(H,21,28)(H,22,29)/t14-/m0/s1. The van der Waals surface area contributed by atoms with Crippen molar-refractivity contribution in [2.45, 2.75) is 52.6 Å². The van der Waals surface area contributed by atoms with Crippen molar-refractivity contribution in [3.63, 3.8) is 0 Å². The Balaban J connectivity index is 2.87. The van der Waals surface area contributed by atoms with Crippen LogP contribution in [0.3, 0.4) is 0 Å². The van der Waals surface area contributed by atoms with E-state index in [-0.39, 0.29) is 43.2 Å². The fourth-order valence-electron chi connectivity index (χ4n) is 2.74. The van der Waals surface area contributed by atoms with Gasteiger partial charge in [-0.3, -0.25) is 24.0 Å². The van der Waals surface area contributed by atoms with Gasteiger partial charge in [-0.2, -0.15) is 0 Å². The molecule has 0 fully saturated rings. The number of esters is 1. The lowest BCUT2D eigenvalue weighted by atomic mass is 10.0. The van der Waals surface area contributed by atoms with Gasteiger partial charge in [0.25, 0.3) is 5.91 Å². The van der Waals surface area contributed by atoms with Crippen LogP contribution in [0.25, 0.3) is 0 Å². The fourth-order valence-corrected chi connectivity index (χ4v) is 2.74. The molecular formula is C20H29N3O7. The number of ether oxygens (including phenoxy) is 1. The highest BCUT2D eigenvalue weighted by atomic mass is 16.5. The summed E-state index contributed by atoms with van der Waals surface area (Å²) in [5, 5.41) is 15.0. The number of aryl methyl sites for hydroxylation is 1. The van der Waals surface area contributed by atoms with E-state index in [1.165, 1.54) is 17.9 Å². The number of amides is 2. The normalized spacial score (nSPS) is 11.6. The van der Waals surface area contributed by atoms with Crippen LogP contribution in [0.2, 0.25) is 0 Å². The summed E-state index contributed by atoms with van der Waals surface area (Å²) in [6, 6.07) is 0.166. The average Bonchev–Trinajstić information content (AvgIpc) is 2.70. The molecule has 10 heteroatoms. The smallest absolute Gasteiger partial charge is 0.305 e. The second-order valence-electron chi connectivity index (χ2n) is 7.15. The number of hydrogen-bond acceptors (Lipinski definition) is 7. The van der Waals surface area contributed by atoms with Gasteiger partial charge in [-0.15, -0.1) is 0 Å². The molecule has 1 aromatic heterocycles. The topological polar surface area (TPSA) is 144 Å². The Labute approximate surface area is 174 Å². The van der Waals surface area contributed by atoms with Crippen LogP contribution < -0.4 is 16.1 Å². The van der Waals surface area contributed by atoms with E-state index in [2.05, 4.69) is 15.4 Å². The van der Waals surface area contributed by atoms with Crippen LogP contribution in [0.4, 0.5) is 0 Å². The fraction of sp³-hybridized carbons (Fsp3) is 0.550. The van der Waals surface area contributed by atoms with E-state index >= 15 is 0 Å². The molecule has 2 amide bonds. The van der Waals surface area contributed by atoms with Crippen molar-refractivity contribution >= 4 is 23.6 Å². The molecule has 0 unspecified atom stereocenters. The van der Waals surface area contributed by atoms with Gasteiger partial charge in [0.1, 0.15) is 6.04 Å². The number of aromatic hydroxyl groups is 1. The molecule has 0 radical (unpaired) electrons. The van der Waals surface area contributed by atoms with Gasteiger partial charge in [0.15, 0.2) is 17.2 Å². The Bertz CT molecular complexity index is 845. The summed E-state index contributed by atoms with van der Waals surface area (Å²) in [6.45, 7) is 5.48. The zero-order chi connectivity index (χ0) is 22.8.